The van der Waals surface area contributed by atoms with Crippen LogP contribution in [-0.4, -0.2) is 9.97 Å². The van der Waals surface area contributed by atoms with Crippen LogP contribution < -0.4 is 5.32 Å². The number of hydrogen-bond donors (Lipinski definition) is 1. The number of halogens is 1. The van der Waals surface area contributed by atoms with E-state index < -0.39 is 0 Å². The second-order valence-corrected chi connectivity index (χ2v) is 6.52. The second-order valence-electron chi connectivity index (χ2n) is 4.95. The van der Waals surface area contributed by atoms with E-state index in [9.17, 15) is 0 Å². The topological polar surface area (TPSA) is 37.8 Å². The lowest BCUT2D eigenvalue weighted by Gasteiger charge is -2.11. The minimum atomic E-state index is 0.278. The number of aromatic nitrogens is 2. The van der Waals surface area contributed by atoms with Crippen molar-refractivity contribution in [1.29, 1.82) is 0 Å². The molecule has 0 fully saturated rings. The number of anilines is 2. The highest BCUT2D eigenvalue weighted by molar-refractivity contribution is 7.18. The van der Waals surface area contributed by atoms with Crippen LogP contribution in [0.2, 0.25) is 5.28 Å². The smallest absolute Gasteiger partial charge is 0.225 e. The number of nitrogens with zero attached hydrogens (tertiary/aromatic N) is 2. The van der Waals surface area contributed by atoms with Crippen LogP contribution in [0, 0.1) is 6.92 Å². The SMILES string of the molecule is CCCc1ccccc1Nc1nc(Cl)nc2sc(C)cc12. The molecule has 0 saturated carbocycles. The van der Waals surface area contributed by atoms with Crippen LogP contribution in [0.3, 0.4) is 0 Å². The van der Waals surface area contributed by atoms with Crippen LogP contribution >= 0.6 is 22.9 Å². The maximum atomic E-state index is 6.04. The van der Waals surface area contributed by atoms with Gasteiger partial charge < -0.3 is 5.32 Å². The van der Waals surface area contributed by atoms with Crippen LogP contribution in [0.4, 0.5) is 11.5 Å². The van der Waals surface area contributed by atoms with Crippen LogP contribution in [0.5, 0.6) is 0 Å². The van der Waals surface area contributed by atoms with E-state index in [1.165, 1.54) is 10.4 Å². The Morgan fingerprint density at radius 3 is 2.86 bits per heavy atom. The number of fused-ring (bicyclic) bond motifs is 1. The Kier molecular flexibility index (Phi) is 4.08. The zero-order valence-corrected chi connectivity index (χ0v) is 13.6. The fourth-order valence-electron chi connectivity index (χ4n) is 2.37. The standard InChI is InChI=1S/C16H16ClN3S/c1-3-6-11-7-4-5-8-13(11)18-14-12-9-10(2)21-15(12)20-16(17)19-14/h4-5,7-9H,3,6H2,1-2H3,(H,18,19,20). The minimum Gasteiger partial charge on any atom is -0.339 e. The molecule has 2 aromatic heterocycles. The van der Waals surface area contributed by atoms with E-state index >= 15 is 0 Å². The fourth-order valence-corrected chi connectivity index (χ4v) is 3.47. The molecule has 0 saturated heterocycles. The first-order valence-corrected chi connectivity index (χ1v) is 8.15. The zero-order chi connectivity index (χ0) is 14.8. The summed E-state index contributed by atoms with van der Waals surface area (Å²) in [6, 6.07) is 10.4. The highest BCUT2D eigenvalue weighted by Gasteiger charge is 2.11. The van der Waals surface area contributed by atoms with Crippen LogP contribution in [-0.2, 0) is 6.42 Å². The predicted octanol–water partition coefficient (Wildman–Crippen LogP) is 5.35. The molecule has 0 aliphatic heterocycles. The Morgan fingerprint density at radius 1 is 1.24 bits per heavy atom. The third-order valence-corrected chi connectivity index (χ3v) is 4.39. The Bertz CT molecular complexity index is 782. The van der Waals surface area contributed by atoms with Gasteiger partial charge in [-0.15, -0.1) is 11.3 Å². The van der Waals surface area contributed by atoms with Crippen molar-refractivity contribution < 1.29 is 0 Å². The summed E-state index contributed by atoms with van der Waals surface area (Å²) in [4.78, 5) is 10.8. The molecule has 0 unspecified atom stereocenters. The average Bonchev–Trinajstić information content (AvgIpc) is 2.81. The summed E-state index contributed by atoms with van der Waals surface area (Å²) in [5, 5.41) is 4.72. The first kappa shape index (κ1) is 14.3. The highest BCUT2D eigenvalue weighted by atomic mass is 35.5. The lowest BCUT2D eigenvalue weighted by Crippen LogP contribution is -1.99. The molecule has 0 aliphatic rings. The molecule has 108 valence electrons. The molecule has 3 rings (SSSR count). The maximum absolute atomic E-state index is 6.04. The summed E-state index contributed by atoms with van der Waals surface area (Å²) < 4.78 is 0. The fraction of sp³-hybridized carbons (Fsp3) is 0.250. The van der Waals surface area contributed by atoms with Crippen molar-refractivity contribution >= 4 is 44.7 Å². The molecule has 0 atom stereocenters. The molecule has 0 aliphatic carbocycles. The number of rotatable bonds is 4. The second kappa shape index (κ2) is 6.00. The first-order chi connectivity index (χ1) is 10.2. The number of para-hydroxylation sites is 1. The van der Waals surface area contributed by atoms with Gasteiger partial charge >= 0.3 is 0 Å². The van der Waals surface area contributed by atoms with Gasteiger partial charge in [-0.3, -0.25) is 0 Å². The molecule has 0 bridgehead atoms. The molecule has 5 heteroatoms. The number of nitrogens with one attached hydrogen (secondary N) is 1. The number of thiophene rings is 1. The summed E-state index contributed by atoms with van der Waals surface area (Å²) >= 11 is 7.67. The average molecular weight is 318 g/mol. The van der Waals surface area contributed by atoms with Gasteiger partial charge in [0.1, 0.15) is 10.6 Å². The predicted molar refractivity (Wildman–Crippen MR) is 90.9 cm³/mol. The van der Waals surface area contributed by atoms with Crippen LogP contribution in [0.15, 0.2) is 30.3 Å². The van der Waals surface area contributed by atoms with E-state index in [0.717, 1.165) is 34.6 Å². The van der Waals surface area contributed by atoms with Gasteiger partial charge in [-0.2, -0.15) is 4.98 Å². The first-order valence-electron chi connectivity index (χ1n) is 6.96. The van der Waals surface area contributed by atoms with E-state index in [-0.39, 0.29) is 5.28 Å². The Hall–Kier alpha value is -1.65. The van der Waals surface area contributed by atoms with Crippen LogP contribution in [0.25, 0.3) is 10.2 Å². The lowest BCUT2D eigenvalue weighted by atomic mass is 10.1. The molecule has 2 heterocycles. The van der Waals surface area contributed by atoms with E-state index in [1.807, 2.05) is 6.07 Å². The summed E-state index contributed by atoms with van der Waals surface area (Å²) in [5.41, 5.74) is 2.37. The van der Waals surface area contributed by atoms with Crippen molar-refractivity contribution in [3.63, 3.8) is 0 Å². The lowest BCUT2D eigenvalue weighted by molar-refractivity contribution is 0.923. The Labute approximate surface area is 133 Å². The molecule has 3 aromatic rings. The molecule has 21 heavy (non-hydrogen) atoms. The van der Waals surface area contributed by atoms with Crippen molar-refractivity contribution in [3.05, 3.63) is 46.1 Å². The van der Waals surface area contributed by atoms with Gasteiger partial charge in [-0.05, 0) is 42.6 Å². The molecule has 0 spiro atoms. The van der Waals surface area contributed by atoms with Crippen molar-refractivity contribution in [3.8, 4) is 0 Å². The van der Waals surface area contributed by atoms with Crippen molar-refractivity contribution in [2.24, 2.45) is 0 Å². The summed E-state index contributed by atoms with van der Waals surface area (Å²) in [7, 11) is 0. The van der Waals surface area contributed by atoms with Crippen molar-refractivity contribution in [1.82, 2.24) is 9.97 Å². The largest absolute Gasteiger partial charge is 0.339 e. The highest BCUT2D eigenvalue weighted by Crippen LogP contribution is 2.32. The molecule has 1 N–H and O–H groups in total. The number of hydrogen-bond acceptors (Lipinski definition) is 4. The molecule has 0 radical (unpaired) electrons. The number of aryl methyl sites for hydroxylation is 2. The van der Waals surface area contributed by atoms with E-state index in [2.05, 4.69) is 53.4 Å². The molecule has 3 nitrogen and oxygen atoms in total. The van der Waals surface area contributed by atoms with Gasteiger partial charge in [0.2, 0.25) is 5.28 Å². The molecular weight excluding hydrogens is 302 g/mol. The van der Waals surface area contributed by atoms with Gasteiger partial charge in [0, 0.05) is 10.6 Å². The van der Waals surface area contributed by atoms with Crippen molar-refractivity contribution in [2.75, 3.05) is 5.32 Å². The Morgan fingerprint density at radius 2 is 2.05 bits per heavy atom. The molecular formula is C16H16ClN3S. The quantitative estimate of drug-likeness (QED) is 0.659. The zero-order valence-electron chi connectivity index (χ0n) is 12.0. The van der Waals surface area contributed by atoms with E-state index in [4.69, 9.17) is 11.6 Å². The summed E-state index contributed by atoms with van der Waals surface area (Å²) in [6.45, 7) is 4.24. The van der Waals surface area contributed by atoms with Crippen LogP contribution in [0.1, 0.15) is 23.8 Å². The third-order valence-electron chi connectivity index (χ3n) is 3.28. The van der Waals surface area contributed by atoms with Crippen molar-refractivity contribution in [2.45, 2.75) is 26.7 Å². The normalized spacial score (nSPS) is 11.0. The molecule has 0 amide bonds. The van der Waals surface area contributed by atoms with E-state index in [0.29, 0.717) is 0 Å². The maximum Gasteiger partial charge on any atom is 0.225 e. The van der Waals surface area contributed by atoms with E-state index in [1.54, 1.807) is 11.3 Å². The van der Waals surface area contributed by atoms with Gasteiger partial charge in [0.15, 0.2) is 0 Å². The van der Waals surface area contributed by atoms with Gasteiger partial charge in [-0.1, -0.05) is 31.5 Å². The monoisotopic (exact) mass is 317 g/mol. The third kappa shape index (κ3) is 3.01. The van der Waals surface area contributed by atoms with Gasteiger partial charge in [0.05, 0.1) is 5.39 Å². The Balaban J connectivity index is 2.05. The number of benzene rings is 1. The summed E-state index contributed by atoms with van der Waals surface area (Å²) in [5.74, 6) is 0.776. The summed E-state index contributed by atoms with van der Waals surface area (Å²) in [6.07, 6.45) is 2.14. The van der Waals surface area contributed by atoms with Gasteiger partial charge in [-0.25, -0.2) is 4.98 Å². The van der Waals surface area contributed by atoms with Gasteiger partial charge in [0.25, 0.3) is 0 Å². The molecule has 1 aromatic carbocycles. The minimum absolute atomic E-state index is 0.278.